The number of ether oxygens (including phenoxy) is 1. The average molecular weight is 348 g/mol. The number of imidazole rings is 1. The molecule has 2 heterocycles. The van der Waals surface area contributed by atoms with E-state index in [9.17, 15) is 9.59 Å². The minimum Gasteiger partial charge on any atom is -0.489 e. The van der Waals surface area contributed by atoms with Gasteiger partial charge in [0, 0.05) is 12.6 Å². The van der Waals surface area contributed by atoms with Crippen LogP contribution in [-0.2, 0) is 13.7 Å². The second-order valence-corrected chi connectivity index (χ2v) is 5.90. The summed E-state index contributed by atoms with van der Waals surface area (Å²) in [6.45, 7) is 0.489. The van der Waals surface area contributed by atoms with Crippen LogP contribution < -0.4 is 16.0 Å². The van der Waals surface area contributed by atoms with Crippen molar-refractivity contribution in [2.45, 2.75) is 6.61 Å². The van der Waals surface area contributed by atoms with Crippen LogP contribution in [0.3, 0.4) is 0 Å². The quantitative estimate of drug-likeness (QED) is 0.591. The van der Waals surface area contributed by atoms with Crippen LogP contribution in [0, 0.1) is 0 Å². The lowest BCUT2D eigenvalue weighted by Crippen LogP contribution is -2.22. The number of benzene rings is 2. The van der Waals surface area contributed by atoms with E-state index in [2.05, 4.69) is 15.0 Å². The molecule has 2 N–H and O–H groups in total. The molecule has 0 aliphatic heterocycles. The van der Waals surface area contributed by atoms with Gasteiger partial charge in [0.2, 0.25) is 0 Å². The number of hydrogen-bond donors (Lipinski definition) is 2. The SMILES string of the molecule is Cn1c(-c2ccc(OCc3ccccc3)cc2)nc2[nH]c(=O)[nH]c(=O)c21. The Bertz CT molecular complexity index is 1170. The summed E-state index contributed by atoms with van der Waals surface area (Å²) in [6, 6.07) is 17.4. The van der Waals surface area contributed by atoms with Crippen molar-refractivity contribution in [2.75, 3.05) is 0 Å². The highest BCUT2D eigenvalue weighted by Crippen LogP contribution is 2.23. The van der Waals surface area contributed by atoms with E-state index in [1.165, 1.54) is 0 Å². The molecule has 0 spiro atoms. The van der Waals surface area contributed by atoms with Crippen molar-refractivity contribution in [2.24, 2.45) is 7.05 Å². The van der Waals surface area contributed by atoms with Crippen LogP contribution in [0.15, 0.2) is 64.2 Å². The molecule has 0 amide bonds. The molecule has 0 atom stereocenters. The van der Waals surface area contributed by atoms with Crippen molar-refractivity contribution in [3.63, 3.8) is 0 Å². The Kier molecular flexibility index (Phi) is 3.89. The summed E-state index contributed by atoms with van der Waals surface area (Å²) in [6.07, 6.45) is 0. The third-order valence-electron chi connectivity index (χ3n) is 4.13. The number of hydrogen-bond acceptors (Lipinski definition) is 4. The summed E-state index contributed by atoms with van der Waals surface area (Å²) in [5.74, 6) is 1.32. The van der Waals surface area contributed by atoms with Crippen LogP contribution >= 0.6 is 0 Å². The molecule has 0 unspecified atom stereocenters. The Morgan fingerprint density at radius 1 is 1.00 bits per heavy atom. The Labute approximate surface area is 147 Å². The van der Waals surface area contributed by atoms with Crippen molar-refractivity contribution in [3.05, 3.63) is 81.0 Å². The number of fused-ring (bicyclic) bond motifs is 1. The number of aromatic nitrogens is 4. The highest BCUT2D eigenvalue weighted by molar-refractivity contribution is 5.76. The van der Waals surface area contributed by atoms with Gasteiger partial charge < -0.3 is 9.30 Å². The van der Waals surface area contributed by atoms with Crippen LogP contribution in [-0.4, -0.2) is 19.5 Å². The number of rotatable bonds is 4. The molecular formula is C19H16N4O3. The van der Waals surface area contributed by atoms with Crippen LogP contribution in [0.1, 0.15) is 5.56 Å². The van der Waals surface area contributed by atoms with Gasteiger partial charge in [0.15, 0.2) is 11.2 Å². The fraction of sp³-hybridized carbons (Fsp3) is 0.105. The molecule has 0 radical (unpaired) electrons. The number of nitrogens with one attached hydrogen (secondary N) is 2. The van der Waals surface area contributed by atoms with Gasteiger partial charge in [0.25, 0.3) is 5.56 Å². The molecule has 26 heavy (non-hydrogen) atoms. The van der Waals surface area contributed by atoms with E-state index in [1.807, 2.05) is 54.6 Å². The maximum Gasteiger partial charge on any atom is 0.327 e. The maximum absolute atomic E-state index is 12.0. The highest BCUT2D eigenvalue weighted by atomic mass is 16.5. The molecule has 0 aliphatic rings. The van der Waals surface area contributed by atoms with Gasteiger partial charge in [-0.25, -0.2) is 9.78 Å². The van der Waals surface area contributed by atoms with E-state index in [1.54, 1.807) is 11.6 Å². The normalized spacial score (nSPS) is 11.0. The highest BCUT2D eigenvalue weighted by Gasteiger charge is 2.13. The van der Waals surface area contributed by atoms with Gasteiger partial charge in [-0.1, -0.05) is 30.3 Å². The summed E-state index contributed by atoms with van der Waals surface area (Å²) in [5.41, 5.74) is 1.46. The zero-order valence-electron chi connectivity index (χ0n) is 14.0. The van der Waals surface area contributed by atoms with Gasteiger partial charge >= 0.3 is 5.69 Å². The summed E-state index contributed by atoms with van der Waals surface area (Å²) in [4.78, 5) is 32.5. The van der Waals surface area contributed by atoms with Crippen LogP contribution in [0.4, 0.5) is 0 Å². The minimum atomic E-state index is -0.572. The molecule has 4 aromatic rings. The molecule has 2 aromatic heterocycles. The van der Waals surface area contributed by atoms with Crippen molar-refractivity contribution >= 4 is 11.2 Å². The number of aromatic amines is 2. The van der Waals surface area contributed by atoms with E-state index in [4.69, 9.17) is 4.74 Å². The van der Waals surface area contributed by atoms with E-state index in [0.29, 0.717) is 17.9 Å². The first kappa shape index (κ1) is 15.9. The zero-order valence-corrected chi connectivity index (χ0v) is 14.0. The predicted molar refractivity (Wildman–Crippen MR) is 98.2 cm³/mol. The van der Waals surface area contributed by atoms with Crippen molar-refractivity contribution in [3.8, 4) is 17.1 Å². The third kappa shape index (κ3) is 2.90. The van der Waals surface area contributed by atoms with E-state index < -0.39 is 11.2 Å². The van der Waals surface area contributed by atoms with E-state index in [0.717, 1.165) is 16.9 Å². The molecule has 0 fully saturated rings. The Morgan fingerprint density at radius 2 is 1.73 bits per heavy atom. The standard InChI is InChI=1S/C19H16N4O3/c1-23-15-16(21-19(25)22-18(15)24)20-17(23)13-7-9-14(10-8-13)26-11-12-5-3-2-4-6-12/h2-10H,11H2,1H3,(H2,21,22,24,25). The Hall–Kier alpha value is -3.61. The van der Waals surface area contributed by atoms with Crippen molar-refractivity contribution in [1.29, 1.82) is 0 Å². The van der Waals surface area contributed by atoms with Gasteiger partial charge in [0.05, 0.1) is 0 Å². The molecule has 0 saturated heterocycles. The lowest BCUT2D eigenvalue weighted by atomic mass is 10.2. The fourth-order valence-electron chi connectivity index (χ4n) is 2.85. The summed E-state index contributed by atoms with van der Waals surface area (Å²) < 4.78 is 7.43. The topological polar surface area (TPSA) is 92.8 Å². The van der Waals surface area contributed by atoms with E-state index in [-0.39, 0.29) is 5.65 Å². The molecule has 7 heteroatoms. The van der Waals surface area contributed by atoms with Crippen molar-refractivity contribution in [1.82, 2.24) is 19.5 Å². The molecule has 2 aromatic carbocycles. The predicted octanol–water partition coefficient (Wildman–Crippen LogP) is 2.20. The first-order chi connectivity index (χ1) is 12.6. The molecule has 7 nitrogen and oxygen atoms in total. The monoisotopic (exact) mass is 348 g/mol. The van der Waals surface area contributed by atoms with Crippen LogP contribution in [0.25, 0.3) is 22.6 Å². The van der Waals surface area contributed by atoms with Gasteiger partial charge in [0.1, 0.15) is 18.2 Å². The second-order valence-electron chi connectivity index (χ2n) is 5.90. The summed E-state index contributed by atoms with van der Waals surface area (Å²) >= 11 is 0. The average Bonchev–Trinajstić information content (AvgIpc) is 2.98. The second kappa shape index (κ2) is 6.36. The lowest BCUT2D eigenvalue weighted by molar-refractivity contribution is 0.306. The lowest BCUT2D eigenvalue weighted by Gasteiger charge is -2.07. The van der Waals surface area contributed by atoms with Crippen molar-refractivity contribution < 1.29 is 4.74 Å². The fourth-order valence-corrected chi connectivity index (χ4v) is 2.85. The van der Waals surface area contributed by atoms with Gasteiger partial charge in [-0.3, -0.25) is 14.8 Å². The molecule has 0 bridgehead atoms. The summed E-state index contributed by atoms with van der Waals surface area (Å²) in [5, 5.41) is 0. The van der Waals surface area contributed by atoms with Crippen LogP contribution in [0.2, 0.25) is 0 Å². The molecular weight excluding hydrogens is 332 g/mol. The Morgan fingerprint density at radius 3 is 2.46 bits per heavy atom. The molecule has 0 aliphatic carbocycles. The molecule has 130 valence electrons. The first-order valence-corrected chi connectivity index (χ1v) is 8.08. The minimum absolute atomic E-state index is 0.264. The molecule has 0 saturated carbocycles. The molecule has 4 rings (SSSR count). The van der Waals surface area contributed by atoms with E-state index >= 15 is 0 Å². The zero-order chi connectivity index (χ0) is 18.1. The van der Waals surface area contributed by atoms with Gasteiger partial charge in [-0.2, -0.15) is 0 Å². The first-order valence-electron chi connectivity index (χ1n) is 8.08. The summed E-state index contributed by atoms with van der Waals surface area (Å²) in [7, 11) is 1.73. The maximum atomic E-state index is 12.0. The smallest absolute Gasteiger partial charge is 0.327 e. The number of H-pyrrole nitrogens is 2. The van der Waals surface area contributed by atoms with Gasteiger partial charge in [-0.15, -0.1) is 0 Å². The number of nitrogens with zero attached hydrogens (tertiary/aromatic N) is 2. The number of aryl methyl sites for hydroxylation is 1. The van der Waals surface area contributed by atoms with Crippen LogP contribution in [0.5, 0.6) is 5.75 Å². The largest absolute Gasteiger partial charge is 0.489 e. The van der Waals surface area contributed by atoms with Gasteiger partial charge in [-0.05, 0) is 29.8 Å². The Balaban J connectivity index is 1.62. The third-order valence-corrected chi connectivity index (χ3v) is 4.13.